The Labute approximate surface area is 107 Å². The van der Waals surface area contributed by atoms with Crippen molar-refractivity contribution in [3.8, 4) is 0 Å². The van der Waals surface area contributed by atoms with Crippen LogP contribution in [0.3, 0.4) is 0 Å². The number of carbonyl (C=O) groups is 2. The van der Waals surface area contributed by atoms with Crippen LogP contribution < -0.4 is 0 Å². The van der Waals surface area contributed by atoms with Crippen molar-refractivity contribution in [3.63, 3.8) is 0 Å². The number of thioether (sulfide) groups is 1. The monoisotopic (exact) mass is 259 g/mol. The maximum Gasteiger partial charge on any atom is 0.303 e. The Morgan fingerprint density at radius 3 is 2.65 bits per heavy atom. The Morgan fingerprint density at radius 1 is 1.41 bits per heavy atom. The molecule has 98 valence electrons. The van der Waals surface area contributed by atoms with Crippen molar-refractivity contribution in [1.82, 2.24) is 4.90 Å². The average Bonchev–Trinajstić information content (AvgIpc) is 2.20. The molecule has 4 nitrogen and oxygen atoms in total. The van der Waals surface area contributed by atoms with E-state index in [1.165, 1.54) is 0 Å². The van der Waals surface area contributed by atoms with Gasteiger partial charge in [-0.15, -0.1) is 0 Å². The van der Waals surface area contributed by atoms with Crippen molar-refractivity contribution in [2.45, 2.75) is 44.9 Å². The Kier molecular flexibility index (Phi) is 5.31. The molecule has 0 spiro atoms. The fourth-order valence-electron chi connectivity index (χ4n) is 2.07. The van der Waals surface area contributed by atoms with Crippen molar-refractivity contribution in [3.05, 3.63) is 0 Å². The molecular weight excluding hydrogens is 238 g/mol. The fourth-order valence-corrected chi connectivity index (χ4v) is 3.17. The first-order valence-electron chi connectivity index (χ1n) is 6.04. The molecule has 5 heteroatoms. The zero-order valence-electron chi connectivity index (χ0n) is 10.7. The van der Waals surface area contributed by atoms with Crippen LogP contribution in [0.25, 0.3) is 0 Å². The molecule has 3 unspecified atom stereocenters. The highest BCUT2D eigenvalue weighted by atomic mass is 32.2. The number of amides is 1. The number of hydrogen-bond acceptors (Lipinski definition) is 3. The van der Waals surface area contributed by atoms with E-state index < -0.39 is 5.97 Å². The second-order valence-corrected chi connectivity index (χ2v) is 6.30. The summed E-state index contributed by atoms with van der Waals surface area (Å²) in [6.07, 6.45) is 0.409. The molecule has 1 fully saturated rings. The number of rotatable bonds is 4. The lowest BCUT2D eigenvalue weighted by molar-refractivity contribution is -0.139. The zero-order chi connectivity index (χ0) is 13.0. The summed E-state index contributed by atoms with van der Waals surface area (Å²) >= 11 is 1.89. The largest absolute Gasteiger partial charge is 0.481 e. The first-order valence-corrected chi connectivity index (χ1v) is 7.09. The third-order valence-electron chi connectivity index (χ3n) is 3.25. The molecule has 1 heterocycles. The number of hydrogen-bond donors (Lipinski definition) is 1. The highest BCUT2D eigenvalue weighted by Gasteiger charge is 2.29. The lowest BCUT2D eigenvalue weighted by Gasteiger charge is -2.38. The topological polar surface area (TPSA) is 57.6 Å². The molecule has 3 atom stereocenters. The standard InChI is InChI=1S/C12H21NO3S/c1-8(7-12(15)16)6-11(14)13-4-5-17-10(3)9(13)2/h8-10H,4-7H2,1-3H3,(H,15,16). The summed E-state index contributed by atoms with van der Waals surface area (Å²) in [5.74, 6) is 0.154. The van der Waals surface area contributed by atoms with Crippen LogP contribution in [0.5, 0.6) is 0 Å². The maximum atomic E-state index is 12.1. The van der Waals surface area contributed by atoms with E-state index in [9.17, 15) is 9.59 Å². The van der Waals surface area contributed by atoms with E-state index in [0.717, 1.165) is 12.3 Å². The molecule has 1 saturated heterocycles. The summed E-state index contributed by atoms with van der Waals surface area (Å²) in [6.45, 7) is 6.81. The van der Waals surface area contributed by atoms with Gasteiger partial charge in [0.15, 0.2) is 0 Å². The van der Waals surface area contributed by atoms with Crippen LogP contribution >= 0.6 is 11.8 Å². The van der Waals surface area contributed by atoms with Crippen LogP contribution in [-0.2, 0) is 9.59 Å². The number of aliphatic carboxylic acids is 1. The number of nitrogens with zero attached hydrogens (tertiary/aromatic N) is 1. The van der Waals surface area contributed by atoms with Crippen LogP contribution in [0.2, 0.25) is 0 Å². The Balaban J connectivity index is 2.48. The third-order valence-corrected chi connectivity index (χ3v) is 4.59. The lowest BCUT2D eigenvalue weighted by atomic mass is 10.0. The van der Waals surface area contributed by atoms with E-state index in [-0.39, 0.29) is 24.3 Å². The first kappa shape index (κ1) is 14.4. The Morgan fingerprint density at radius 2 is 2.06 bits per heavy atom. The molecule has 0 aromatic rings. The molecule has 1 rings (SSSR count). The number of carbonyl (C=O) groups excluding carboxylic acids is 1. The quantitative estimate of drug-likeness (QED) is 0.837. The fraction of sp³-hybridized carbons (Fsp3) is 0.833. The minimum Gasteiger partial charge on any atom is -0.481 e. The van der Waals surface area contributed by atoms with Crippen LogP contribution in [0.1, 0.15) is 33.6 Å². The molecule has 0 aromatic carbocycles. The first-order chi connectivity index (χ1) is 7.91. The average molecular weight is 259 g/mol. The van der Waals surface area contributed by atoms with Crippen LogP contribution in [0.4, 0.5) is 0 Å². The molecule has 1 aliphatic heterocycles. The van der Waals surface area contributed by atoms with Crippen molar-refractivity contribution in [2.75, 3.05) is 12.3 Å². The second-order valence-electron chi connectivity index (χ2n) is 4.81. The SMILES string of the molecule is CC(CC(=O)O)CC(=O)N1CCSC(C)C1C. The highest BCUT2D eigenvalue weighted by Crippen LogP contribution is 2.25. The van der Waals surface area contributed by atoms with Crippen molar-refractivity contribution >= 4 is 23.6 Å². The highest BCUT2D eigenvalue weighted by molar-refractivity contribution is 8.00. The van der Waals surface area contributed by atoms with Gasteiger partial charge in [-0.2, -0.15) is 11.8 Å². The van der Waals surface area contributed by atoms with Gasteiger partial charge in [-0.25, -0.2) is 0 Å². The van der Waals surface area contributed by atoms with Crippen LogP contribution in [0.15, 0.2) is 0 Å². The van der Waals surface area contributed by atoms with E-state index in [2.05, 4.69) is 13.8 Å². The van der Waals surface area contributed by atoms with E-state index in [1.54, 1.807) is 0 Å². The molecule has 17 heavy (non-hydrogen) atoms. The molecule has 0 aromatic heterocycles. The second kappa shape index (κ2) is 6.28. The van der Waals surface area contributed by atoms with Gasteiger partial charge >= 0.3 is 5.97 Å². The Hall–Kier alpha value is -0.710. The van der Waals surface area contributed by atoms with Gasteiger partial charge < -0.3 is 10.0 Å². The summed E-state index contributed by atoms with van der Waals surface area (Å²) in [7, 11) is 0. The molecule has 1 amide bonds. The van der Waals surface area contributed by atoms with Gasteiger partial charge in [-0.05, 0) is 12.8 Å². The van der Waals surface area contributed by atoms with Gasteiger partial charge in [0.25, 0.3) is 0 Å². The Bertz CT molecular complexity index is 295. The minimum absolute atomic E-state index is 0.0677. The van der Waals surface area contributed by atoms with Gasteiger partial charge in [0.1, 0.15) is 0 Å². The van der Waals surface area contributed by atoms with E-state index >= 15 is 0 Å². The molecule has 0 aliphatic carbocycles. The number of carboxylic acid groups (broad SMARTS) is 1. The third kappa shape index (κ3) is 4.22. The summed E-state index contributed by atoms with van der Waals surface area (Å²) < 4.78 is 0. The van der Waals surface area contributed by atoms with Gasteiger partial charge in [-0.3, -0.25) is 9.59 Å². The predicted octanol–water partition coefficient (Wildman–Crippen LogP) is 1.84. The maximum absolute atomic E-state index is 12.1. The smallest absolute Gasteiger partial charge is 0.303 e. The predicted molar refractivity (Wildman–Crippen MR) is 69.1 cm³/mol. The lowest BCUT2D eigenvalue weighted by Crippen LogP contribution is -2.48. The van der Waals surface area contributed by atoms with Gasteiger partial charge in [0.05, 0.1) is 0 Å². The van der Waals surface area contributed by atoms with Gasteiger partial charge in [0.2, 0.25) is 5.91 Å². The van der Waals surface area contributed by atoms with E-state index in [0.29, 0.717) is 11.7 Å². The van der Waals surface area contributed by atoms with Gasteiger partial charge in [0, 0.05) is 36.4 Å². The van der Waals surface area contributed by atoms with Gasteiger partial charge in [-0.1, -0.05) is 13.8 Å². The van der Waals surface area contributed by atoms with Crippen molar-refractivity contribution in [1.29, 1.82) is 0 Å². The van der Waals surface area contributed by atoms with Crippen molar-refractivity contribution < 1.29 is 14.7 Å². The molecular formula is C12H21NO3S. The van der Waals surface area contributed by atoms with E-state index in [4.69, 9.17) is 5.11 Å². The van der Waals surface area contributed by atoms with Crippen LogP contribution in [-0.4, -0.2) is 45.5 Å². The molecule has 1 N–H and O–H groups in total. The van der Waals surface area contributed by atoms with Crippen molar-refractivity contribution in [2.24, 2.45) is 5.92 Å². The molecule has 0 bridgehead atoms. The number of carboxylic acids is 1. The summed E-state index contributed by atoms with van der Waals surface area (Å²) in [5, 5.41) is 9.13. The summed E-state index contributed by atoms with van der Waals surface area (Å²) in [6, 6.07) is 0.248. The summed E-state index contributed by atoms with van der Waals surface area (Å²) in [4.78, 5) is 24.5. The zero-order valence-corrected chi connectivity index (χ0v) is 11.5. The van der Waals surface area contributed by atoms with E-state index in [1.807, 2.05) is 23.6 Å². The normalized spacial score (nSPS) is 26.6. The molecule has 0 saturated carbocycles. The molecule has 1 aliphatic rings. The molecule has 0 radical (unpaired) electrons. The summed E-state index contributed by atoms with van der Waals surface area (Å²) in [5.41, 5.74) is 0. The van der Waals surface area contributed by atoms with Crippen LogP contribution in [0, 0.1) is 5.92 Å². The minimum atomic E-state index is -0.832.